The van der Waals surface area contributed by atoms with Crippen LogP contribution in [0.4, 0.5) is 0 Å². The molecule has 2 aliphatic rings. The number of hydrogen-bond acceptors (Lipinski definition) is 4. The molecule has 112 valence electrons. The van der Waals surface area contributed by atoms with Crippen LogP contribution in [-0.2, 0) is 10.0 Å². The number of rotatable bonds is 4. The summed E-state index contributed by atoms with van der Waals surface area (Å²) in [7, 11) is -3.13. The van der Waals surface area contributed by atoms with Crippen molar-refractivity contribution in [1.82, 2.24) is 19.3 Å². The first-order chi connectivity index (χ1) is 9.47. The van der Waals surface area contributed by atoms with E-state index in [2.05, 4.69) is 10.2 Å². The van der Waals surface area contributed by atoms with Gasteiger partial charge >= 0.3 is 0 Å². The predicted octanol–water partition coefficient (Wildman–Crippen LogP) is 1.43. The molecule has 1 aromatic heterocycles. The Balaban J connectivity index is 1.78. The lowest BCUT2D eigenvalue weighted by atomic mass is 10.0. The molecule has 2 saturated heterocycles. The van der Waals surface area contributed by atoms with Crippen molar-refractivity contribution in [3.63, 3.8) is 0 Å². The van der Waals surface area contributed by atoms with Crippen LogP contribution in [0.2, 0.25) is 0 Å². The first-order valence-electron chi connectivity index (χ1n) is 7.34. The fourth-order valence-corrected chi connectivity index (χ4v) is 5.98. The zero-order valence-corrected chi connectivity index (χ0v) is 12.8. The highest BCUT2D eigenvalue weighted by Gasteiger charge is 2.47. The van der Waals surface area contributed by atoms with E-state index < -0.39 is 10.0 Å². The molecule has 2 atom stereocenters. The minimum absolute atomic E-state index is 0.133. The van der Waals surface area contributed by atoms with Gasteiger partial charge in [0, 0.05) is 12.1 Å². The second kappa shape index (κ2) is 5.11. The second-order valence-electron chi connectivity index (χ2n) is 6.36. The average molecular weight is 298 g/mol. The van der Waals surface area contributed by atoms with Crippen LogP contribution < -0.4 is 0 Å². The van der Waals surface area contributed by atoms with E-state index in [9.17, 15) is 8.42 Å². The second-order valence-corrected chi connectivity index (χ2v) is 8.28. The van der Waals surface area contributed by atoms with E-state index in [0.717, 1.165) is 25.7 Å². The van der Waals surface area contributed by atoms with Crippen LogP contribution in [0.3, 0.4) is 0 Å². The standard InChI is InChI=1S/C13H22N4O2S/c1-10(2)9-20(18,19)16-11-3-4-12(16)8-13(7-11)17-14-5-6-15-17/h5-6,10-13H,3-4,7-9H2,1-2H3. The van der Waals surface area contributed by atoms with Gasteiger partial charge in [-0.1, -0.05) is 13.8 Å². The van der Waals surface area contributed by atoms with Crippen molar-refractivity contribution < 1.29 is 8.42 Å². The molecule has 0 N–H and O–H groups in total. The van der Waals surface area contributed by atoms with Gasteiger partial charge in [0.25, 0.3) is 0 Å². The molecule has 20 heavy (non-hydrogen) atoms. The normalized spacial score (nSPS) is 31.1. The molecular formula is C13H22N4O2S. The number of hydrogen-bond donors (Lipinski definition) is 0. The number of nitrogens with zero attached hydrogens (tertiary/aromatic N) is 4. The highest BCUT2D eigenvalue weighted by molar-refractivity contribution is 7.89. The molecule has 0 amide bonds. The van der Waals surface area contributed by atoms with Crippen LogP contribution in [0.25, 0.3) is 0 Å². The minimum Gasteiger partial charge on any atom is -0.212 e. The van der Waals surface area contributed by atoms with Crippen molar-refractivity contribution in [2.24, 2.45) is 5.92 Å². The van der Waals surface area contributed by atoms with Crippen LogP contribution in [0.15, 0.2) is 12.4 Å². The Morgan fingerprint density at radius 2 is 1.65 bits per heavy atom. The molecule has 0 spiro atoms. The Hall–Kier alpha value is -0.950. The van der Waals surface area contributed by atoms with E-state index in [-0.39, 0.29) is 29.8 Å². The van der Waals surface area contributed by atoms with E-state index in [1.807, 2.05) is 13.8 Å². The molecule has 2 unspecified atom stereocenters. The fourth-order valence-electron chi connectivity index (χ4n) is 3.67. The molecule has 0 saturated carbocycles. The van der Waals surface area contributed by atoms with Crippen molar-refractivity contribution in [3.8, 4) is 0 Å². The first-order valence-corrected chi connectivity index (χ1v) is 8.95. The van der Waals surface area contributed by atoms with E-state index in [1.165, 1.54) is 0 Å². The van der Waals surface area contributed by atoms with Gasteiger partial charge in [-0.05, 0) is 31.6 Å². The first kappa shape index (κ1) is 14.0. The summed E-state index contributed by atoms with van der Waals surface area (Å²) in [5.74, 6) is 0.426. The molecule has 0 aliphatic carbocycles. The molecule has 3 rings (SSSR count). The van der Waals surface area contributed by atoms with E-state index in [0.29, 0.717) is 0 Å². The molecule has 2 aliphatic heterocycles. The van der Waals surface area contributed by atoms with Gasteiger partial charge < -0.3 is 0 Å². The van der Waals surface area contributed by atoms with Gasteiger partial charge in [-0.25, -0.2) is 8.42 Å². The van der Waals surface area contributed by atoms with Crippen molar-refractivity contribution in [3.05, 3.63) is 12.4 Å². The Bertz CT molecular complexity index is 541. The Morgan fingerprint density at radius 3 is 2.15 bits per heavy atom. The van der Waals surface area contributed by atoms with Gasteiger partial charge in [0.1, 0.15) is 0 Å². The van der Waals surface area contributed by atoms with Crippen LogP contribution >= 0.6 is 0 Å². The zero-order valence-electron chi connectivity index (χ0n) is 12.0. The number of aromatic nitrogens is 3. The fraction of sp³-hybridized carbons (Fsp3) is 0.846. The molecule has 3 heterocycles. The molecule has 2 fully saturated rings. The maximum absolute atomic E-state index is 12.5. The molecule has 0 radical (unpaired) electrons. The maximum Gasteiger partial charge on any atom is 0.214 e. The van der Waals surface area contributed by atoms with E-state index >= 15 is 0 Å². The monoisotopic (exact) mass is 298 g/mol. The van der Waals surface area contributed by atoms with Crippen LogP contribution in [0.5, 0.6) is 0 Å². The lowest BCUT2D eigenvalue weighted by Crippen LogP contribution is -2.48. The number of piperidine rings is 1. The van der Waals surface area contributed by atoms with Gasteiger partial charge in [0.05, 0.1) is 24.2 Å². The molecule has 0 aromatic carbocycles. The van der Waals surface area contributed by atoms with Gasteiger partial charge in [0.15, 0.2) is 0 Å². The smallest absolute Gasteiger partial charge is 0.212 e. The Morgan fingerprint density at radius 1 is 1.10 bits per heavy atom. The summed E-state index contributed by atoms with van der Waals surface area (Å²) < 4.78 is 26.9. The van der Waals surface area contributed by atoms with Crippen LogP contribution in [0, 0.1) is 5.92 Å². The summed E-state index contributed by atoms with van der Waals surface area (Å²) in [6.07, 6.45) is 6.98. The maximum atomic E-state index is 12.5. The third kappa shape index (κ3) is 2.48. The summed E-state index contributed by atoms with van der Waals surface area (Å²) in [5, 5.41) is 8.42. The quantitative estimate of drug-likeness (QED) is 0.843. The van der Waals surface area contributed by atoms with Gasteiger partial charge in [-0.3, -0.25) is 0 Å². The summed E-state index contributed by atoms with van der Waals surface area (Å²) in [4.78, 5) is 1.75. The van der Waals surface area contributed by atoms with Gasteiger partial charge in [-0.15, -0.1) is 0 Å². The number of sulfonamides is 1. The topological polar surface area (TPSA) is 68.1 Å². The molecule has 6 nitrogen and oxygen atoms in total. The van der Waals surface area contributed by atoms with Crippen LogP contribution in [-0.4, -0.2) is 45.6 Å². The third-order valence-electron chi connectivity index (χ3n) is 4.27. The number of fused-ring (bicyclic) bond motifs is 2. The molecular weight excluding hydrogens is 276 g/mol. The molecule has 7 heteroatoms. The highest BCUT2D eigenvalue weighted by Crippen LogP contribution is 2.42. The van der Waals surface area contributed by atoms with Crippen molar-refractivity contribution in [2.75, 3.05) is 5.75 Å². The van der Waals surface area contributed by atoms with Crippen LogP contribution in [0.1, 0.15) is 45.6 Å². The molecule has 2 bridgehead atoms. The lowest BCUT2D eigenvalue weighted by molar-refractivity contribution is 0.174. The summed E-state index contributed by atoms with van der Waals surface area (Å²) in [6.45, 7) is 3.92. The predicted molar refractivity (Wildman–Crippen MR) is 75.6 cm³/mol. The summed E-state index contributed by atoms with van der Waals surface area (Å²) >= 11 is 0. The molecule has 1 aromatic rings. The van der Waals surface area contributed by atoms with Gasteiger partial charge in [-0.2, -0.15) is 19.3 Å². The largest absolute Gasteiger partial charge is 0.214 e. The van der Waals surface area contributed by atoms with E-state index in [1.54, 1.807) is 21.5 Å². The van der Waals surface area contributed by atoms with Gasteiger partial charge in [0.2, 0.25) is 10.0 Å². The Labute approximate surface area is 120 Å². The van der Waals surface area contributed by atoms with Crippen molar-refractivity contribution >= 4 is 10.0 Å². The average Bonchev–Trinajstić information content (AvgIpc) is 2.95. The third-order valence-corrected chi connectivity index (χ3v) is 6.60. The van der Waals surface area contributed by atoms with Crippen molar-refractivity contribution in [1.29, 1.82) is 0 Å². The van der Waals surface area contributed by atoms with Crippen molar-refractivity contribution in [2.45, 2.75) is 57.7 Å². The van der Waals surface area contributed by atoms with E-state index in [4.69, 9.17) is 0 Å². The lowest BCUT2D eigenvalue weighted by Gasteiger charge is -2.37. The highest BCUT2D eigenvalue weighted by atomic mass is 32.2. The SMILES string of the molecule is CC(C)CS(=O)(=O)N1C2CCC1CC(n1nccn1)C2. The minimum atomic E-state index is -3.13. The summed E-state index contributed by atoms with van der Waals surface area (Å²) in [5.41, 5.74) is 0. The summed E-state index contributed by atoms with van der Waals surface area (Å²) in [6, 6.07) is 0.509. The Kier molecular flexibility index (Phi) is 3.58. The zero-order chi connectivity index (χ0) is 14.3.